The van der Waals surface area contributed by atoms with Crippen molar-refractivity contribution in [3.8, 4) is 0 Å². The normalized spacial score (nSPS) is 25.3. The van der Waals surface area contributed by atoms with Crippen LogP contribution in [0.2, 0.25) is 0 Å². The van der Waals surface area contributed by atoms with Gasteiger partial charge in [-0.05, 0) is 35.1 Å². The summed E-state index contributed by atoms with van der Waals surface area (Å²) >= 11 is 0. The molecule has 0 bridgehead atoms. The fourth-order valence-electron chi connectivity index (χ4n) is 3.23. The maximum atomic E-state index is 9.76. The van der Waals surface area contributed by atoms with E-state index in [4.69, 9.17) is 0 Å². The number of rotatable bonds is 2. The second kappa shape index (κ2) is 3.58. The molecule has 2 aromatic carbocycles. The Labute approximate surface area is 108 Å². The Kier molecular flexibility index (Phi) is 2.33. The highest BCUT2D eigenvalue weighted by Crippen LogP contribution is 2.64. The molecule has 94 valence electrons. The summed E-state index contributed by atoms with van der Waals surface area (Å²) in [7, 11) is 0. The van der Waals surface area contributed by atoms with Crippen molar-refractivity contribution in [3.05, 3.63) is 47.5 Å². The Morgan fingerprint density at radius 1 is 1.06 bits per heavy atom. The monoisotopic (exact) mass is 240 g/mol. The lowest BCUT2D eigenvalue weighted by molar-refractivity contribution is 0.231. The van der Waals surface area contributed by atoms with Crippen LogP contribution < -0.4 is 0 Å². The Balaban J connectivity index is 2.12. The van der Waals surface area contributed by atoms with Crippen LogP contribution in [0.4, 0.5) is 0 Å². The quantitative estimate of drug-likeness (QED) is 0.846. The molecule has 0 spiro atoms. The zero-order valence-corrected chi connectivity index (χ0v) is 11.3. The highest BCUT2D eigenvalue weighted by atomic mass is 16.3. The first-order valence-electron chi connectivity index (χ1n) is 6.60. The Bertz CT molecular complexity index is 612. The molecule has 0 amide bonds. The Morgan fingerprint density at radius 3 is 2.28 bits per heavy atom. The maximum Gasteiger partial charge on any atom is 0.0533 e. The fourth-order valence-corrected chi connectivity index (χ4v) is 3.23. The van der Waals surface area contributed by atoms with Gasteiger partial charge in [0.15, 0.2) is 0 Å². The summed E-state index contributed by atoms with van der Waals surface area (Å²) in [4.78, 5) is 0. The first kappa shape index (κ1) is 11.7. The molecule has 18 heavy (non-hydrogen) atoms. The maximum absolute atomic E-state index is 9.76. The highest BCUT2D eigenvalue weighted by Gasteiger charge is 2.61. The molecular weight excluding hydrogens is 220 g/mol. The second-order valence-corrected chi connectivity index (χ2v) is 6.37. The van der Waals surface area contributed by atoms with Gasteiger partial charge in [-0.25, -0.2) is 0 Å². The van der Waals surface area contributed by atoms with E-state index in [-0.39, 0.29) is 17.4 Å². The van der Waals surface area contributed by atoms with Gasteiger partial charge >= 0.3 is 0 Å². The molecule has 1 fully saturated rings. The van der Waals surface area contributed by atoms with E-state index in [9.17, 15) is 5.11 Å². The number of hydrogen-bond donors (Lipinski definition) is 1. The summed E-state index contributed by atoms with van der Waals surface area (Å²) in [6, 6.07) is 13.2. The molecule has 0 heterocycles. The molecule has 0 aromatic heterocycles. The minimum atomic E-state index is -0.0217. The largest absolute Gasteiger partial charge is 0.395 e. The third-order valence-electron chi connectivity index (χ3n) is 4.73. The number of aliphatic hydroxyl groups is 1. The summed E-state index contributed by atoms with van der Waals surface area (Å²) in [5.74, 6) is 0. The minimum absolute atomic E-state index is 0.0217. The Hall–Kier alpha value is -1.34. The third-order valence-corrected chi connectivity index (χ3v) is 4.73. The van der Waals surface area contributed by atoms with Gasteiger partial charge < -0.3 is 5.11 Å². The number of fused-ring (bicyclic) bond motifs is 1. The van der Waals surface area contributed by atoms with E-state index in [1.807, 2.05) is 0 Å². The van der Waals surface area contributed by atoms with E-state index < -0.39 is 0 Å². The SMILES string of the molecule is Cc1ccc2cc(C3(CO)CC3(C)C)ccc2c1. The summed E-state index contributed by atoms with van der Waals surface area (Å²) in [6.45, 7) is 6.84. The Morgan fingerprint density at radius 2 is 1.67 bits per heavy atom. The van der Waals surface area contributed by atoms with Gasteiger partial charge in [0.05, 0.1) is 6.61 Å². The summed E-state index contributed by atoms with van der Waals surface area (Å²) < 4.78 is 0. The van der Waals surface area contributed by atoms with E-state index in [1.165, 1.54) is 21.9 Å². The topological polar surface area (TPSA) is 20.2 Å². The average molecular weight is 240 g/mol. The van der Waals surface area contributed by atoms with Gasteiger partial charge in [0, 0.05) is 5.41 Å². The highest BCUT2D eigenvalue weighted by molar-refractivity contribution is 5.84. The first-order valence-corrected chi connectivity index (χ1v) is 6.60. The standard InChI is InChI=1S/C17H20O/c1-12-4-5-14-9-15(7-6-13(14)8-12)17(11-18)10-16(17,2)3/h4-9,18H,10-11H2,1-3H3. The molecule has 2 aromatic rings. The van der Waals surface area contributed by atoms with Crippen LogP contribution in [-0.2, 0) is 5.41 Å². The molecule has 1 nitrogen and oxygen atoms in total. The van der Waals surface area contributed by atoms with Crippen molar-refractivity contribution in [3.63, 3.8) is 0 Å². The summed E-state index contributed by atoms with van der Waals surface area (Å²) in [5.41, 5.74) is 2.77. The first-order chi connectivity index (χ1) is 8.48. The van der Waals surface area contributed by atoms with E-state index >= 15 is 0 Å². The van der Waals surface area contributed by atoms with Gasteiger partial charge in [-0.3, -0.25) is 0 Å². The van der Waals surface area contributed by atoms with Crippen LogP contribution in [0.25, 0.3) is 10.8 Å². The van der Waals surface area contributed by atoms with Crippen LogP contribution in [0.1, 0.15) is 31.4 Å². The van der Waals surface area contributed by atoms with Gasteiger partial charge in [0.2, 0.25) is 0 Å². The molecule has 0 aliphatic heterocycles. The van der Waals surface area contributed by atoms with E-state index in [1.54, 1.807) is 0 Å². The van der Waals surface area contributed by atoms with Gasteiger partial charge in [-0.2, -0.15) is 0 Å². The minimum Gasteiger partial charge on any atom is -0.395 e. The van der Waals surface area contributed by atoms with Gasteiger partial charge in [0.25, 0.3) is 0 Å². The van der Waals surface area contributed by atoms with Gasteiger partial charge in [-0.1, -0.05) is 55.8 Å². The van der Waals surface area contributed by atoms with Gasteiger partial charge in [-0.15, -0.1) is 0 Å². The van der Waals surface area contributed by atoms with Crippen molar-refractivity contribution in [2.75, 3.05) is 6.61 Å². The number of aryl methyl sites for hydroxylation is 1. The molecule has 1 aliphatic carbocycles. The molecule has 1 saturated carbocycles. The molecule has 1 N–H and O–H groups in total. The zero-order chi connectivity index (χ0) is 13.0. The van der Waals surface area contributed by atoms with Crippen LogP contribution >= 0.6 is 0 Å². The van der Waals surface area contributed by atoms with Crippen molar-refractivity contribution in [1.29, 1.82) is 0 Å². The molecule has 0 radical (unpaired) electrons. The third kappa shape index (κ3) is 1.50. The average Bonchev–Trinajstić information content (AvgIpc) is 2.92. The zero-order valence-electron chi connectivity index (χ0n) is 11.3. The molecule has 1 aliphatic rings. The van der Waals surface area contributed by atoms with Crippen LogP contribution in [0.5, 0.6) is 0 Å². The van der Waals surface area contributed by atoms with Crippen molar-refractivity contribution in [1.82, 2.24) is 0 Å². The molecular formula is C17H20O. The molecule has 1 heteroatoms. The van der Waals surface area contributed by atoms with Crippen LogP contribution in [0.15, 0.2) is 36.4 Å². The lowest BCUT2D eigenvalue weighted by Gasteiger charge is -2.19. The molecule has 0 saturated heterocycles. The van der Waals surface area contributed by atoms with Gasteiger partial charge in [0.1, 0.15) is 0 Å². The number of aliphatic hydroxyl groups excluding tert-OH is 1. The van der Waals surface area contributed by atoms with E-state index in [2.05, 4.69) is 57.2 Å². The van der Waals surface area contributed by atoms with Crippen molar-refractivity contribution in [2.24, 2.45) is 5.41 Å². The predicted molar refractivity (Wildman–Crippen MR) is 75.8 cm³/mol. The lowest BCUT2D eigenvalue weighted by atomic mass is 9.87. The van der Waals surface area contributed by atoms with Crippen molar-refractivity contribution < 1.29 is 5.11 Å². The van der Waals surface area contributed by atoms with Crippen LogP contribution in [0, 0.1) is 12.3 Å². The van der Waals surface area contributed by atoms with E-state index in [0.717, 1.165) is 6.42 Å². The molecule has 1 atom stereocenters. The second-order valence-electron chi connectivity index (χ2n) is 6.37. The van der Waals surface area contributed by atoms with E-state index in [0.29, 0.717) is 0 Å². The number of benzene rings is 2. The number of hydrogen-bond acceptors (Lipinski definition) is 1. The smallest absolute Gasteiger partial charge is 0.0533 e. The van der Waals surface area contributed by atoms with Crippen LogP contribution in [-0.4, -0.2) is 11.7 Å². The van der Waals surface area contributed by atoms with Crippen LogP contribution in [0.3, 0.4) is 0 Å². The lowest BCUT2D eigenvalue weighted by Crippen LogP contribution is -2.19. The van der Waals surface area contributed by atoms with Crippen molar-refractivity contribution in [2.45, 2.75) is 32.6 Å². The molecule has 1 unspecified atom stereocenters. The summed E-state index contributed by atoms with van der Waals surface area (Å²) in [5, 5.41) is 12.3. The summed E-state index contributed by atoms with van der Waals surface area (Å²) in [6.07, 6.45) is 1.08. The predicted octanol–water partition coefficient (Wildman–Crippen LogP) is 3.81. The fraction of sp³-hybridized carbons (Fsp3) is 0.412. The molecule has 3 rings (SSSR count). The van der Waals surface area contributed by atoms with Crippen molar-refractivity contribution >= 4 is 10.8 Å².